The molecule has 1 aliphatic heterocycles. The summed E-state index contributed by atoms with van der Waals surface area (Å²) in [5, 5.41) is 3.79. The van der Waals surface area contributed by atoms with Crippen LogP contribution in [0.3, 0.4) is 0 Å². The lowest BCUT2D eigenvalue weighted by atomic mass is 9.83. The van der Waals surface area contributed by atoms with Gasteiger partial charge in [-0.3, -0.25) is 0 Å². The summed E-state index contributed by atoms with van der Waals surface area (Å²) in [6, 6.07) is 0.743. The Morgan fingerprint density at radius 2 is 1.95 bits per heavy atom. The van der Waals surface area contributed by atoms with E-state index in [1.807, 2.05) is 0 Å². The maximum atomic E-state index is 5.77. The minimum atomic E-state index is 0.567. The van der Waals surface area contributed by atoms with E-state index >= 15 is 0 Å². The molecule has 2 atom stereocenters. The molecule has 1 heterocycles. The molecule has 1 N–H and O–H groups in total. The van der Waals surface area contributed by atoms with Crippen molar-refractivity contribution in [1.82, 2.24) is 5.32 Å². The molecule has 0 amide bonds. The molecule has 19 heavy (non-hydrogen) atoms. The van der Waals surface area contributed by atoms with Gasteiger partial charge in [0, 0.05) is 12.6 Å². The molecule has 112 valence electrons. The Hall–Kier alpha value is -0.0800. The average Bonchev–Trinajstić information content (AvgIpc) is 2.96. The summed E-state index contributed by atoms with van der Waals surface area (Å²) < 4.78 is 5.77. The van der Waals surface area contributed by atoms with Crippen LogP contribution < -0.4 is 5.32 Å². The zero-order valence-corrected chi connectivity index (χ0v) is 12.8. The minimum absolute atomic E-state index is 0.567. The second kappa shape index (κ2) is 8.97. The summed E-state index contributed by atoms with van der Waals surface area (Å²) in [6.45, 7) is 4.45. The highest BCUT2D eigenvalue weighted by atomic mass is 16.5. The zero-order chi connectivity index (χ0) is 13.3. The lowest BCUT2D eigenvalue weighted by Crippen LogP contribution is -2.33. The van der Waals surface area contributed by atoms with Crippen molar-refractivity contribution in [1.29, 1.82) is 0 Å². The summed E-state index contributed by atoms with van der Waals surface area (Å²) in [5.74, 6) is 0.993. The van der Waals surface area contributed by atoms with Gasteiger partial charge in [-0.1, -0.05) is 39.0 Å². The molecule has 2 unspecified atom stereocenters. The van der Waals surface area contributed by atoms with Crippen LogP contribution in [0.1, 0.15) is 77.6 Å². The number of hydrogen-bond donors (Lipinski definition) is 1. The lowest BCUT2D eigenvalue weighted by Gasteiger charge is -2.28. The van der Waals surface area contributed by atoms with E-state index in [2.05, 4.69) is 12.2 Å². The molecule has 1 saturated heterocycles. The highest BCUT2D eigenvalue weighted by Crippen LogP contribution is 2.29. The van der Waals surface area contributed by atoms with Gasteiger partial charge in [-0.05, 0) is 51.0 Å². The van der Waals surface area contributed by atoms with Crippen molar-refractivity contribution in [3.8, 4) is 0 Å². The van der Waals surface area contributed by atoms with Gasteiger partial charge in [0.25, 0.3) is 0 Å². The Kier molecular flexibility index (Phi) is 7.23. The summed E-state index contributed by atoms with van der Waals surface area (Å²) in [5.41, 5.74) is 0. The van der Waals surface area contributed by atoms with Crippen LogP contribution >= 0.6 is 0 Å². The van der Waals surface area contributed by atoms with Gasteiger partial charge >= 0.3 is 0 Å². The SMILES string of the molecule is CCCNC(CCC1CCCO1)CC1CCCCC1. The molecule has 0 aromatic rings. The van der Waals surface area contributed by atoms with Gasteiger partial charge in [0.15, 0.2) is 0 Å². The standard InChI is InChI=1S/C17H33NO/c1-2-12-18-16(10-11-17-9-6-13-19-17)14-15-7-4-3-5-8-15/h15-18H,2-14H2,1H3. The van der Waals surface area contributed by atoms with Crippen LogP contribution in [0.2, 0.25) is 0 Å². The van der Waals surface area contributed by atoms with Gasteiger partial charge in [0.2, 0.25) is 0 Å². The summed E-state index contributed by atoms with van der Waals surface area (Å²) in [4.78, 5) is 0. The largest absolute Gasteiger partial charge is 0.378 e. The van der Waals surface area contributed by atoms with Crippen molar-refractivity contribution in [3.63, 3.8) is 0 Å². The van der Waals surface area contributed by atoms with Gasteiger partial charge in [0.05, 0.1) is 6.10 Å². The molecular weight excluding hydrogens is 234 g/mol. The first-order chi connectivity index (χ1) is 9.38. The van der Waals surface area contributed by atoms with Crippen LogP contribution in [-0.4, -0.2) is 25.3 Å². The number of ether oxygens (including phenoxy) is 1. The molecule has 0 radical (unpaired) electrons. The molecule has 2 heteroatoms. The van der Waals surface area contributed by atoms with Crippen molar-refractivity contribution in [2.24, 2.45) is 5.92 Å². The molecule has 0 aromatic heterocycles. The fourth-order valence-corrected chi connectivity index (χ4v) is 3.74. The smallest absolute Gasteiger partial charge is 0.0576 e. The Morgan fingerprint density at radius 3 is 2.63 bits per heavy atom. The van der Waals surface area contributed by atoms with E-state index < -0.39 is 0 Å². The number of rotatable bonds is 8. The zero-order valence-electron chi connectivity index (χ0n) is 12.8. The third kappa shape index (κ3) is 5.83. The van der Waals surface area contributed by atoms with Crippen LogP contribution in [0, 0.1) is 5.92 Å². The van der Waals surface area contributed by atoms with Crippen LogP contribution in [0.4, 0.5) is 0 Å². The average molecular weight is 267 g/mol. The van der Waals surface area contributed by atoms with Crippen molar-refractivity contribution < 1.29 is 4.74 Å². The fraction of sp³-hybridized carbons (Fsp3) is 1.00. The Balaban J connectivity index is 1.69. The van der Waals surface area contributed by atoms with Crippen LogP contribution in [0.25, 0.3) is 0 Å². The first-order valence-electron chi connectivity index (χ1n) is 8.73. The first kappa shape index (κ1) is 15.3. The molecule has 2 aliphatic rings. The van der Waals surface area contributed by atoms with Crippen molar-refractivity contribution in [2.75, 3.05) is 13.2 Å². The highest BCUT2D eigenvalue weighted by Gasteiger charge is 2.21. The van der Waals surface area contributed by atoms with Gasteiger partial charge in [-0.15, -0.1) is 0 Å². The second-order valence-corrected chi connectivity index (χ2v) is 6.60. The third-order valence-corrected chi connectivity index (χ3v) is 4.89. The molecular formula is C17H33NO. The summed E-state index contributed by atoms with van der Waals surface area (Å²) in [6.07, 6.45) is 15.8. The molecule has 0 spiro atoms. The third-order valence-electron chi connectivity index (χ3n) is 4.89. The van der Waals surface area contributed by atoms with Crippen molar-refractivity contribution in [3.05, 3.63) is 0 Å². The van der Waals surface area contributed by atoms with E-state index in [1.54, 1.807) is 0 Å². The van der Waals surface area contributed by atoms with Gasteiger partial charge in [-0.2, -0.15) is 0 Å². The van der Waals surface area contributed by atoms with E-state index in [-0.39, 0.29) is 0 Å². The van der Waals surface area contributed by atoms with Crippen LogP contribution in [-0.2, 0) is 4.74 Å². The van der Waals surface area contributed by atoms with E-state index in [4.69, 9.17) is 4.74 Å². The number of nitrogens with one attached hydrogen (secondary N) is 1. The van der Waals surface area contributed by atoms with E-state index in [9.17, 15) is 0 Å². The maximum absolute atomic E-state index is 5.77. The van der Waals surface area contributed by atoms with E-state index in [1.165, 1.54) is 77.2 Å². The van der Waals surface area contributed by atoms with Gasteiger partial charge in [-0.25, -0.2) is 0 Å². The molecule has 2 nitrogen and oxygen atoms in total. The molecule has 0 bridgehead atoms. The summed E-state index contributed by atoms with van der Waals surface area (Å²) >= 11 is 0. The topological polar surface area (TPSA) is 21.3 Å². The Labute approximate surface area is 119 Å². The number of hydrogen-bond acceptors (Lipinski definition) is 2. The Bertz CT molecular complexity index is 219. The molecule has 0 aromatic carbocycles. The predicted molar refractivity (Wildman–Crippen MR) is 81.5 cm³/mol. The van der Waals surface area contributed by atoms with Crippen LogP contribution in [0.15, 0.2) is 0 Å². The summed E-state index contributed by atoms with van der Waals surface area (Å²) in [7, 11) is 0. The molecule has 2 fully saturated rings. The quantitative estimate of drug-likeness (QED) is 0.708. The Morgan fingerprint density at radius 1 is 1.11 bits per heavy atom. The first-order valence-corrected chi connectivity index (χ1v) is 8.73. The van der Waals surface area contributed by atoms with Gasteiger partial charge in [0.1, 0.15) is 0 Å². The predicted octanol–water partition coefficient (Wildman–Crippen LogP) is 4.28. The second-order valence-electron chi connectivity index (χ2n) is 6.60. The van der Waals surface area contributed by atoms with Gasteiger partial charge < -0.3 is 10.1 Å². The molecule has 1 saturated carbocycles. The normalized spacial score (nSPS) is 26.7. The van der Waals surface area contributed by atoms with Crippen LogP contribution in [0.5, 0.6) is 0 Å². The van der Waals surface area contributed by atoms with E-state index in [0.717, 1.165) is 18.6 Å². The minimum Gasteiger partial charge on any atom is -0.378 e. The van der Waals surface area contributed by atoms with Crippen molar-refractivity contribution in [2.45, 2.75) is 89.7 Å². The monoisotopic (exact) mass is 267 g/mol. The molecule has 1 aliphatic carbocycles. The highest BCUT2D eigenvalue weighted by molar-refractivity contribution is 4.77. The van der Waals surface area contributed by atoms with Crippen molar-refractivity contribution >= 4 is 0 Å². The van der Waals surface area contributed by atoms with E-state index in [0.29, 0.717) is 6.10 Å². The fourth-order valence-electron chi connectivity index (χ4n) is 3.74. The maximum Gasteiger partial charge on any atom is 0.0576 e. The molecule has 2 rings (SSSR count). The lowest BCUT2D eigenvalue weighted by molar-refractivity contribution is 0.0981.